The van der Waals surface area contributed by atoms with Crippen LogP contribution in [0, 0.1) is 5.92 Å². The molecule has 0 heterocycles. The first kappa shape index (κ1) is 13.9. The molecule has 1 aromatic rings. The SMILES string of the molecule is CCCC1CCC(O)(Cc2cccc(Cl)c2)CC1. The maximum atomic E-state index is 10.7. The molecule has 0 aromatic heterocycles. The summed E-state index contributed by atoms with van der Waals surface area (Å²) in [6.45, 7) is 2.24. The molecule has 18 heavy (non-hydrogen) atoms. The van der Waals surface area contributed by atoms with Gasteiger partial charge >= 0.3 is 0 Å². The maximum absolute atomic E-state index is 10.7. The Kier molecular flexibility index (Phi) is 4.69. The Labute approximate surface area is 115 Å². The highest BCUT2D eigenvalue weighted by atomic mass is 35.5. The minimum Gasteiger partial charge on any atom is -0.390 e. The quantitative estimate of drug-likeness (QED) is 0.844. The van der Waals surface area contributed by atoms with Crippen LogP contribution in [-0.2, 0) is 6.42 Å². The van der Waals surface area contributed by atoms with E-state index in [0.29, 0.717) is 0 Å². The minimum absolute atomic E-state index is 0.505. The molecule has 0 saturated heterocycles. The average molecular weight is 267 g/mol. The van der Waals surface area contributed by atoms with Crippen molar-refractivity contribution in [1.82, 2.24) is 0 Å². The third kappa shape index (κ3) is 3.73. The number of halogens is 1. The average Bonchev–Trinajstić information content (AvgIpc) is 2.32. The van der Waals surface area contributed by atoms with Crippen molar-refractivity contribution < 1.29 is 5.11 Å². The Balaban J connectivity index is 1.93. The third-order valence-corrected chi connectivity index (χ3v) is 4.39. The fourth-order valence-corrected chi connectivity index (χ4v) is 3.33. The van der Waals surface area contributed by atoms with Crippen LogP contribution in [0.15, 0.2) is 24.3 Å². The van der Waals surface area contributed by atoms with Gasteiger partial charge in [0.25, 0.3) is 0 Å². The second kappa shape index (κ2) is 6.08. The molecule has 0 unspecified atom stereocenters. The fraction of sp³-hybridized carbons (Fsp3) is 0.625. The molecule has 0 radical (unpaired) electrons. The van der Waals surface area contributed by atoms with Crippen LogP contribution in [0.2, 0.25) is 5.02 Å². The zero-order valence-electron chi connectivity index (χ0n) is 11.2. The first-order chi connectivity index (χ1) is 8.61. The van der Waals surface area contributed by atoms with Gasteiger partial charge in [-0.3, -0.25) is 0 Å². The van der Waals surface area contributed by atoms with E-state index in [1.807, 2.05) is 18.2 Å². The summed E-state index contributed by atoms with van der Waals surface area (Å²) in [4.78, 5) is 0. The van der Waals surface area contributed by atoms with Gasteiger partial charge in [0, 0.05) is 11.4 Å². The molecule has 1 N–H and O–H groups in total. The molecule has 0 aliphatic heterocycles. The second-order valence-corrected chi connectivity index (χ2v) is 6.20. The van der Waals surface area contributed by atoms with Crippen LogP contribution in [-0.4, -0.2) is 10.7 Å². The van der Waals surface area contributed by atoms with Crippen LogP contribution in [0.1, 0.15) is 51.0 Å². The first-order valence-electron chi connectivity index (χ1n) is 7.08. The summed E-state index contributed by atoms with van der Waals surface area (Å²) in [6, 6.07) is 7.87. The van der Waals surface area contributed by atoms with E-state index in [-0.39, 0.29) is 0 Å². The van der Waals surface area contributed by atoms with Gasteiger partial charge < -0.3 is 5.11 Å². The Bertz CT molecular complexity index is 380. The topological polar surface area (TPSA) is 20.2 Å². The lowest BCUT2D eigenvalue weighted by Crippen LogP contribution is -2.36. The third-order valence-electron chi connectivity index (χ3n) is 4.16. The molecule has 1 aromatic carbocycles. The largest absolute Gasteiger partial charge is 0.390 e. The van der Waals surface area contributed by atoms with E-state index in [1.54, 1.807) is 0 Å². The molecule has 2 rings (SSSR count). The number of aliphatic hydroxyl groups is 1. The lowest BCUT2D eigenvalue weighted by molar-refractivity contribution is -0.00986. The number of benzene rings is 1. The Morgan fingerprint density at radius 1 is 1.33 bits per heavy atom. The van der Waals surface area contributed by atoms with Crippen LogP contribution in [0.4, 0.5) is 0 Å². The Hall–Kier alpha value is -0.530. The van der Waals surface area contributed by atoms with Crippen molar-refractivity contribution in [1.29, 1.82) is 0 Å². The number of hydrogen-bond donors (Lipinski definition) is 1. The predicted molar refractivity (Wildman–Crippen MR) is 77.0 cm³/mol. The molecule has 1 aliphatic carbocycles. The van der Waals surface area contributed by atoms with Crippen molar-refractivity contribution in [3.63, 3.8) is 0 Å². The maximum Gasteiger partial charge on any atom is 0.0688 e. The van der Waals surface area contributed by atoms with Crippen molar-refractivity contribution in [2.75, 3.05) is 0 Å². The smallest absolute Gasteiger partial charge is 0.0688 e. The normalized spacial score (nSPS) is 28.3. The van der Waals surface area contributed by atoms with Crippen molar-refractivity contribution >= 4 is 11.6 Å². The minimum atomic E-state index is -0.505. The molecule has 100 valence electrons. The van der Waals surface area contributed by atoms with E-state index in [2.05, 4.69) is 13.0 Å². The molecule has 1 fully saturated rings. The van der Waals surface area contributed by atoms with Gasteiger partial charge in [-0.2, -0.15) is 0 Å². The van der Waals surface area contributed by atoms with Crippen LogP contribution < -0.4 is 0 Å². The predicted octanol–water partition coefficient (Wildman–Crippen LogP) is 4.60. The molecule has 1 saturated carbocycles. The van der Waals surface area contributed by atoms with Gasteiger partial charge in [0.1, 0.15) is 0 Å². The van der Waals surface area contributed by atoms with Gasteiger partial charge in [0.05, 0.1) is 5.60 Å². The Morgan fingerprint density at radius 2 is 2.06 bits per heavy atom. The van der Waals surface area contributed by atoms with E-state index < -0.39 is 5.60 Å². The summed E-state index contributed by atoms with van der Waals surface area (Å²) in [5.74, 6) is 0.828. The highest BCUT2D eigenvalue weighted by Gasteiger charge is 2.32. The van der Waals surface area contributed by atoms with Crippen LogP contribution >= 0.6 is 11.6 Å². The van der Waals surface area contributed by atoms with E-state index in [9.17, 15) is 5.11 Å². The van der Waals surface area contributed by atoms with Gasteiger partial charge in [-0.25, -0.2) is 0 Å². The second-order valence-electron chi connectivity index (χ2n) is 5.76. The summed E-state index contributed by atoms with van der Waals surface area (Å²) in [5, 5.41) is 11.4. The standard InChI is InChI=1S/C16H23ClO/c1-2-4-13-7-9-16(18,10-8-13)12-14-5-3-6-15(17)11-14/h3,5-6,11,13,18H,2,4,7-10,12H2,1H3. The van der Waals surface area contributed by atoms with Crippen molar-refractivity contribution in [2.45, 2.75) is 57.5 Å². The molecule has 0 spiro atoms. The van der Waals surface area contributed by atoms with E-state index in [1.165, 1.54) is 25.7 Å². The Morgan fingerprint density at radius 3 is 2.67 bits per heavy atom. The molecule has 2 heteroatoms. The summed E-state index contributed by atoms with van der Waals surface area (Å²) < 4.78 is 0. The summed E-state index contributed by atoms with van der Waals surface area (Å²) in [5.41, 5.74) is 0.647. The molecular weight excluding hydrogens is 244 g/mol. The first-order valence-corrected chi connectivity index (χ1v) is 7.46. The number of hydrogen-bond acceptors (Lipinski definition) is 1. The van der Waals surface area contributed by atoms with Gasteiger partial charge in [-0.15, -0.1) is 0 Å². The highest BCUT2D eigenvalue weighted by molar-refractivity contribution is 6.30. The van der Waals surface area contributed by atoms with E-state index in [0.717, 1.165) is 35.8 Å². The number of rotatable bonds is 4. The van der Waals surface area contributed by atoms with Gasteiger partial charge in [0.2, 0.25) is 0 Å². The molecule has 0 atom stereocenters. The zero-order chi connectivity index (χ0) is 13.0. The zero-order valence-corrected chi connectivity index (χ0v) is 11.9. The fourth-order valence-electron chi connectivity index (χ4n) is 3.12. The molecule has 0 bridgehead atoms. The highest BCUT2D eigenvalue weighted by Crippen LogP contribution is 2.36. The summed E-state index contributed by atoms with van der Waals surface area (Å²) >= 11 is 5.99. The van der Waals surface area contributed by atoms with Gasteiger partial charge in [-0.05, 0) is 49.3 Å². The summed E-state index contributed by atoms with van der Waals surface area (Å²) in [7, 11) is 0. The molecule has 0 amide bonds. The van der Waals surface area contributed by atoms with Gasteiger partial charge in [0.15, 0.2) is 0 Å². The molecule has 1 aliphatic rings. The van der Waals surface area contributed by atoms with Crippen LogP contribution in [0.3, 0.4) is 0 Å². The lowest BCUT2D eigenvalue weighted by atomic mass is 9.75. The summed E-state index contributed by atoms with van der Waals surface area (Å²) in [6.07, 6.45) is 7.53. The molecule has 1 nitrogen and oxygen atoms in total. The van der Waals surface area contributed by atoms with Crippen LogP contribution in [0.5, 0.6) is 0 Å². The van der Waals surface area contributed by atoms with Crippen molar-refractivity contribution in [2.24, 2.45) is 5.92 Å². The van der Waals surface area contributed by atoms with E-state index in [4.69, 9.17) is 11.6 Å². The van der Waals surface area contributed by atoms with Gasteiger partial charge in [-0.1, -0.05) is 43.5 Å². The van der Waals surface area contributed by atoms with Crippen molar-refractivity contribution in [3.8, 4) is 0 Å². The van der Waals surface area contributed by atoms with Crippen molar-refractivity contribution in [3.05, 3.63) is 34.9 Å². The van der Waals surface area contributed by atoms with Crippen LogP contribution in [0.25, 0.3) is 0 Å². The van der Waals surface area contributed by atoms with E-state index >= 15 is 0 Å². The lowest BCUT2D eigenvalue weighted by Gasteiger charge is -2.36. The monoisotopic (exact) mass is 266 g/mol. The molecular formula is C16H23ClO.